The van der Waals surface area contributed by atoms with Crippen molar-refractivity contribution in [1.29, 1.82) is 0 Å². The number of rotatable bonds is 8. The summed E-state index contributed by atoms with van der Waals surface area (Å²) in [6.45, 7) is 3.90. The van der Waals surface area contributed by atoms with Crippen molar-refractivity contribution < 1.29 is 33.9 Å². The lowest BCUT2D eigenvalue weighted by Crippen LogP contribution is -2.38. The Labute approximate surface area is 275 Å². The van der Waals surface area contributed by atoms with Crippen molar-refractivity contribution in [3.63, 3.8) is 0 Å². The molecular weight excluding hydrogens is 600 g/mol. The van der Waals surface area contributed by atoms with Crippen LogP contribution in [0.5, 0.6) is 0 Å². The minimum absolute atomic E-state index is 0.0641. The first kappa shape index (κ1) is 35.5. The number of carboxylic acid groups (broad SMARTS) is 1. The highest BCUT2D eigenvalue weighted by molar-refractivity contribution is 6.04. The Balaban J connectivity index is 0.000000176. The summed E-state index contributed by atoms with van der Waals surface area (Å²) in [6.07, 6.45) is 5.91. The third kappa shape index (κ3) is 11.4. The molecule has 4 aliphatic rings. The van der Waals surface area contributed by atoms with E-state index < -0.39 is 11.9 Å². The minimum atomic E-state index is -0.942. The van der Waals surface area contributed by atoms with Crippen molar-refractivity contribution in [2.24, 2.45) is 11.8 Å². The molecule has 4 fully saturated rings. The third-order valence-electron chi connectivity index (χ3n) is 9.27. The second-order valence-electron chi connectivity index (χ2n) is 12.6. The summed E-state index contributed by atoms with van der Waals surface area (Å²) < 4.78 is 0. The standard InChI is InChI=1S/C18H22N2O3.C11H15N.C7H9NO4/c21-16-12-15(18(23)19-16)6-7-17(22)20-10-8-14(9-11-20)13-4-2-1-3-5-13;1-2-4-10(5-3-1)11-6-8-12-9-7-11;9-5-3-4(7(12)8-5)1-2-6(10)11/h1-5,14-15H,6-12H2,(H,19,21,23);1-5,11-12H,6-9H2;4H,1-3H2,(H,10,11)(H,8,9,12)/t15-;;4-/m1.1/s1. The van der Waals surface area contributed by atoms with Crippen LogP contribution in [0, 0.1) is 11.8 Å². The quantitative estimate of drug-likeness (QED) is 0.317. The van der Waals surface area contributed by atoms with Crippen LogP contribution in [-0.4, -0.2) is 71.7 Å². The number of nitrogens with one attached hydrogen (secondary N) is 3. The van der Waals surface area contributed by atoms with Gasteiger partial charge < -0.3 is 15.3 Å². The Kier molecular flexibility index (Phi) is 13.7. The Bertz CT molecular complexity index is 1370. The summed E-state index contributed by atoms with van der Waals surface area (Å²) in [5, 5.41) is 16.1. The molecule has 0 unspecified atom stereocenters. The van der Waals surface area contributed by atoms with E-state index in [0.717, 1.165) is 31.8 Å². The summed E-state index contributed by atoms with van der Waals surface area (Å²) in [4.78, 5) is 68.5. The number of hydrogen-bond donors (Lipinski definition) is 4. The molecule has 252 valence electrons. The van der Waals surface area contributed by atoms with Gasteiger partial charge in [0.15, 0.2) is 0 Å². The molecule has 47 heavy (non-hydrogen) atoms. The summed E-state index contributed by atoms with van der Waals surface area (Å²) in [5.41, 5.74) is 2.86. The highest BCUT2D eigenvalue weighted by Gasteiger charge is 2.32. The first-order valence-corrected chi connectivity index (χ1v) is 16.7. The van der Waals surface area contributed by atoms with E-state index in [0.29, 0.717) is 18.8 Å². The molecule has 4 saturated heterocycles. The zero-order valence-corrected chi connectivity index (χ0v) is 26.8. The number of carboxylic acids is 1. The number of hydrogen-bond acceptors (Lipinski definition) is 7. The molecule has 11 nitrogen and oxygen atoms in total. The molecule has 0 aromatic heterocycles. The summed E-state index contributed by atoms with van der Waals surface area (Å²) in [7, 11) is 0. The van der Waals surface area contributed by atoms with Crippen molar-refractivity contribution in [1.82, 2.24) is 20.9 Å². The largest absolute Gasteiger partial charge is 0.481 e. The van der Waals surface area contributed by atoms with Crippen LogP contribution in [0.4, 0.5) is 0 Å². The van der Waals surface area contributed by atoms with Gasteiger partial charge in [0.25, 0.3) is 0 Å². The summed E-state index contributed by atoms with van der Waals surface area (Å²) >= 11 is 0. The van der Waals surface area contributed by atoms with E-state index in [1.807, 2.05) is 11.0 Å². The molecule has 11 heteroatoms. The van der Waals surface area contributed by atoms with E-state index in [2.05, 4.69) is 70.5 Å². The van der Waals surface area contributed by atoms with Gasteiger partial charge in [-0.1, -0.05) is 60.7 Å². The fourth-order valence-corrected chi connectivity index (χ4v) is 6.50. The fraction of sp³-hybridized carbons (Fsp3) is 0.500. The topological polar surface area (TPSA) is 162 Å². The van der Waals surface area contributed by atoms with Crippen molar-refractivity contribution in [2.75, 3.05) is 26.2 Å². The van der Waals surface area contributed by atoms with Crippen LogP contribution in [-0.2, 0) is 28.8 Å². The van der Waals surface area contributed by atoms with Crippen molar-refractivity contribution in [3.05, 3.63) is 71.8 Å². The molecule has 4 heterocycles. The Hall–Kier alpha value is -4.38. The van der Waals surface area contributed by atoms with Gasteiger partial charge in [0.1, 0.15) is 0 Å². The highest BCUT2D eigenvalue weighted by Crippen LogP contribution is 2.29. The summed E-state index contributed by atoms with van der Waals surface area (Å²) in [6, 6.07) is 21.3. The molecule has 2 atom stereocenters. The van der Waals surface area contributed by atoms with E-state index in [1.54, 1.807) is 0 Å². The van der Waals surface area contributed by atoms with Gasteiger partial charge in [-0.2, -0.15) is 0 Å². The van der Waals surface area contributed by atoms with Crippen molar-refractivity contribution >= 4 is 35.5 Å². The number of amides is 5. The lowest BCUT2D eigenvalue weighted by molar-refractivity contribution is -0.137. The average Bonchev–Trinajstić information content (AvgIpc) is 3.61. The van der Waals surface area contributed by atoms with E-state index >= 15 is 0 Å². The van der Waals surface area contributed by atoms with Gasteiger partial charge >= 0.3 is 5.97 Å². The fourth-order valence-electron chi connectivity index (χ4n) is 6.50. The minimum Gasteiger partial charge on any atom is -0.481 e. The number of piperidine rings is 2. The van der Waals surface area contributed by atoms with E-state index in [4.69, 9.17) is 5.11 Å². The number of carbonyl (C=O) groups excluding carboxylic acids is 5. The number of likely N-dealkylation sites (tertiary alicyclic amines) is 1. The lowest BCUT2D eigenvalue weighted by Gasteiger charge is -2.32. The Morgan fingerprint density at radius 3 is 1.53 bits per heavy atom. The molecule has 0 saturated carbocycles. The maximum absolute atomic E-state index is 12.3. The Morgan fingerprint density at radius 2 is 1.11 bits per heavy atom. The molecule has 2 aromatic rings. The highest BCUT2D eigenvalue weighted by atomic mass is 16.4. The van der Waals surface area contributed by atoms with Gasteiger partial charge in [-0.15, -0.1) is 0 Å². The van der Waals surface area contributed by atoms with Crippen molar-refractivity contribution in [3.8, 4) is 0 Å². The second-order valence-corrected chi connectivity index (χ2v) is 12.6. The van der Waals surface area contributed by atoms with E-state index in [9.17, 15) is 28.8 Å². The second kappa shape index (κ2) is 18.1. The van der Waals surface area contributed by atoms with Crippen LogP contribution < -0.4 is 16.0 Å². The molecule has 0 spiro atoms. The number of aliphatic carboxylic acids is 1. The number of benzene rings is 2. The zero-order chi connectivity index (χ0) is 33.6. The molecule has 0 bridgehead atoms. The van der Waals surface area contributed by atoms with E-state index in [1.165, 1.54) is 37.1 Å². The molecule has 6 rings (SSSR count). The molecule has 0 radical (unpaired) electrons. The number of carbonyl (C=O) groups is 6. The molecule has 0 aliphatic carbocycles. The Morgan fingerprint density at radius 1 is 0.660 bits per heavy atom. The van der Waals surface area contributed by atoms with Gasteiger partial charge in [-0.25, -0.2) is 0 Å². The van der Waals surface area contributed by atoms with Gasteiger partial charge in [-0.3, -0.25) is 39.4 Å². The van der Waals surface area contributed by atoms with Gasteiger partial charge in [0, 0.05) is 50.6 Å². The summed E-state index contributed by atoms with van der Waals surface area (Å²) in [5.74, 6) is -1.39. The monoisotopic (exact) mass is 646 g/mol. The predicted molar refractivity (Wildman–Crippen MR) is 175 cm³/mol. The average molecular weight is 647 g/mol. The number of nitrogens with zero attached hydrogens (tertiary/aromatic N) is 1. The predicted octanol–water partition coefficient (Wildman–Crippen LogP) is 3.50. The zero-order valence-electron chi connectivity index (χ0n) is 26.8. The van der Waals surface area contributed by atoms with Crippen LogP contribution in [0.15, 0.2) is 60.7 Å². The van der Waals surface area contributed by atoms with Crippen LogP contribution in [0.25, 0.3) is 0 Å². The third-order valence-corrected chi connectivity index (χ3v) is 9.27. The maximum atomic E-state index is 12.3. The molecule has 4 aliphatic heterocycles. The van der Waals surface area contributed by atoms with Crippen molar-refractivity contribution in [2.45, 2.75) is 76.0 Å². The van der Waals surface area contributed by atoms with Crippen LogP contribution in [0.1, 0.15) is 87.2 Å². The van der Waals surface area contributed by atoms with Crippen LogP contribution >= 0.6 is 0 Å². The van der Waals surface area contributed by atoms with E-state index in [-0.39, 0.29) is 61.1 Å². The normalized spacial score (nSPS) is 21.6. The van der Waals surface area contributed by atoms with Gasteiger partial charge in [-0.05, 0) is 74.6 Å². The number of imide groups is 2. The maximum Gasteiger partial charge on any atom is 0.303 e. The van der Waals surface area contributed by atoms with Crippen LogP contribution in [0.3, 0.4) is 0 Å². The van der Waals surface area contributed by atoms with Gasteiger partial charge in [0.2, 0.25) is 29.5 Å². The molecule has 5 amide bonds. The van der Waals surface area contributed by atoms with Gasteiger partial charge in [0.05, 0.1) is 0 Å². The lowest BCUT2D eigenvalue weighted by atomic mass is 9.89. The molecular formula is C36H46N4O7. The first-order chi connectivity index (χ1) is 22.7. The SMILES string of the molecule is O=C(O)CC[C@@H]1CC(=O)NC1=O.O=C1C[C@@H](CCC(=O)N2CCC(c3ccccc3)CC2)C(=O)N1.c1ccc(C2CCNCC2)cc1. The molecule has 4 N–H and O–H groups in total. The smallest absolute Gasteiger partial charge is 0.303 e. The molecule has 2 aromatic carbocycles. The first-order valence-electron chi connectivity index (χ1n) is 16.7. The van der Waals surface area contributed by atoms with Crippen LogP contribution in [0.2, 0.25) is 0 Å².